The molecule has 2 aliphatic carbocycles. The summed E-state index contributed by atoms with van der Waals surface area (Å²) in [5.41, 5.74) is -0.0859. The van der Waals surface area contributed by atoms with Gasteiger partial charge < -0.3 is 0 Å². The lowest BCUT2D eigenvalue weighted by Gasteiger charge is -2.33. The zero-order valence-corrected chi connectivity index (χ0v) is 13.9. The lowest BCUT2D eigenvalue weighted by atomic mass is 10.2. The van der Waals surface area contributed by atoms with Crippen LogP contribution in [-0.4, -0.2) is 29.7 Å². The van der Waals surface area contributed by atoms with Crippen molar-refractivity contribution in [2.24, 2.45) is 0 Å². The van der Waals surface area contributed by atoms with Crippen molar-refractivity contribution in [2.75, 3.05) is 0 Å². The van der Waals surface area contributed by atoms with Gasteiger partial charge in [-0.25, -0.2) is 8.42 Å². The Morgan fingerprint density at radius 2 is 1.35 bits per heavy atom. The highest BCUT2D eigenvalue weighted by atomic mass is 32.2. The van der Waals surface area contributed by atoms with Crippen molar-refractivity contribution in [3.8, 4) is 0 Å². The highest BCUT2D eigenvalue weighted by Gasteiger charge is 2.39. The van der Waals surface area contributed by atoms with E-state index in [0.717, 1.165) is 51.4 Å². The van der Waals surface area contributed by atoms with Crippen LogP contribution < -0.4 is 0 Å². The molecule has 0 heterocycles. The average Bonchev–Trinajstić information content (AvgIpc) is 3.21. The van der Waals surface area contributed by atoms with Crippen LogP contribution in [0.4, 0.5) is 5.69 Å². The molecule has 0 N–H and O–H groups in total. The van der Waals surface area contributed by atoms with Gasteiger partial charge in [-0.05, 0) is 37.8 Å². The van der Waals surface area contributed by atoms with Crippen LogP contribution in [0.25, 0.3) is 0 Å². The van der Waals surface area contributed by atoms with Gasteiger partial charge in [0.2, 0.25) is 10.0 Å². The Morgan fingerprint density at radius 3 is 1.74 bits per heavy atom. The van der Waals surface area contributed by atoms with E-state index < -0.39 is 14.9 Å². The fraction of sp³-hybridized carbons (Fsp3) is 0.625. The number of non-ortho nitro benzene ring substituents is 1. The zero-order valence-electron chi connectivity index (χ0n) is 13.1. The summed E-state index contributed by atoms with van der Waals surface area (Å²) < 4.78 is 28.0. The van der Waals surface area contributed by atoms with E-state index >= 15 is 0 Å². The van der Waals surface area contributed by atoms with Crippen LogP contribution in [0, 0.1) is 10.1 Å². The molecule has 1 aromatic carbocycles. The average molecular weight is 338 g/mol. The SMILES string of the molecule is O=[N+]([O-])c1ccc(S(=O)(=O)N(C2CCCC2)C2CCCC2)cc1. The maximum atomic E-state index is 13.1. The van der Waals surface area contributed by atoms with E-state index in [9.17, 15) is 18.5 Å². The second-order valence-electron chi connectivity index (χ2n) is 6.46. The second-order valence-corrected chi connectivity index (χ2v) is 8.31. The third-order valence-electron chi connectivity index (χ3n) is 4.99. The first kappa shape index (κ1) is 16.4. The van der Waals surface area contributed by atoms with E-state index in [0.29, 0.717) is 0 Å². The van der Waals surface area contributed by atoms with Crippen LogP contribution in [0.15, 0.2) is 29.2 Å². The number of benzene rings is 1. The predicted octanol–water partition coefficient (Wildman–Crippen LogP) is 3.47. The lowest BCUT2D eigenvalue weighted by Crippen LogP contribution is -2.44. The van der Waals surface area contributed by atoms with Gasteiger partial charge in [-0.2, -0.15) is 4.31 Å². The topological polar surface area (TPSA) is 80.5 Å². The number of nitrogens with zero attached hydrogens (tertiary/aromatic N) is 2. The summed E-state index contributed by atoms with van der Waals surface area (Å²) in [6.45, 7) is 0. The predicted molar refractivity (Wildman–Crippen MR) is 86.6 cm³/mol. The number of sulfonamides is 1. The maximum Gasteiger partial charge on any atom is 0.269 e. The van der Waals surface area contributed by atoms with Gasteiger partial charge >= 0.3 is 0 Å². The van der Waals surface area contributed by atoms with E-state index in [4.69, 9.17) is 0 Å². The van der Waals surface area contributed by atoms with E-state index in [2.05, 4.69) is 0 Å². The van der Waals surface area contributed by atoms with Crippen molar-refractivity contribution in [3.63, 3.8) is 0 Å². The number of hydrogen-bond donors (Lipinski definition) is 0. The fourth-order valence-electron chi connectivity index (χ4n) is 3.87. The van der Waals surface area contributed by atoms with Gasteiger partial charge in [-0.15, -0.1) is 0 Å². The van der Waals surface area contributed by atoms with Gasteiger partial charge in [0.1, 0.15) is 0 Å². The zero-order chi connectivity index (χ0) is 16.4. The second kappa shape index (κ2) is 6.57. The molecule has 0 amide bonds. The molecule has 0 aromatic heterocycles. The van der Waals surface area contributed by atoms with Crippen molar-refractivity contribution in [3.05, 3.63) is 34.4 Å². The molecular formula is C16H22N2O4S. The van der Waals surface area contributed by atoms with E-state index in [-0.39, 0.29) is 22.7 Å². The minimum absolute atomic E-state index is 0.0818. The number of rotatable bonds is 5. The summed E-state index contributed by atoms with van der Waals surface area (Å²) in [5, 5.41) is 10.8. The highest BCUT2D eigenvalue weighted by Crippen LogP contribution is 2.36. The minimum atomic E-state index is -3.60. The minimum Gasteiger partial charge on any atom is -0.258 e. The molecule has 1 aromatic rings. The summed E-state index contributed by atoms with van der Waals surface area (Å²) in [5.74, 6) is 0. The molecule has 126 valence electrons. The molecule has 0 atom stereocenters. The van der Waals surface area contributed by atoms with Crippen LogP contribution in [0.5, 0.6) is 0 Å². The monoisotopic (exact) mass is 338 g/mol. The highest BCUT2D eigenvalue weighted by molar-refractivity contribution is 7.89. The number of nitro benzene ring substituents is 1. The Bertz CT molecular complexity index is 644. The van der Waals surface area contributed by atoms with Gasteiger partial charge in [0.05, 0.1) is 9.82 Å². The quantitative estimate of drug-likeness (QED) is 0.608. The largest absolute Gasteiger partial charge is 0.269 e. The summed E-state index contributed by atoms with van der Waals surface area (Å²) in [7, 11) is -3.60. The van der Waals surface area contributed by atoms with Crippen molar-refractivity contribution in [1.82, 2.24) is 4.31 Å². The molecule has 3 rings (SSSR count). The van der Waals surface area contributed by atoms with Crippen molar-refractivity contribution >= 4 is 15.7 Å². The number of nitro groups is 1. The molecule has 0 unspecified atom stereocenters. The lowest BCUT2D eigenvalue weighted by molar-refractivity contribution is -0.384. The molecule has 6 nitrogen and oxygen atoms in total. The summed E-state index contributed by atoms with van der Waals surface area (Å²) in [6.07, 6.45) is 7.97. The molecule has 0 spiro atoms. The molecule has 2 saturated carbocycles. The van der Waals surface area contributed by atoms with Crippen LogP contribution >= 0.6 is 0 Å². The summed E-state index contributed by atoms with van der Waals surface area (Å²) in [4.78, 5) is 10.4. The first-order valence-electron chi connectivity index (χ1n) is 8.28. The van der Waals surface area contributed by atoms with E-state index in [1.165, 1.54) is 24.3 Å². The Balaban J connectivity index is 1.93. The van der Waals surface area contributed by atoms with Crippen LogP contribution in [0.1, 0.15) is 51.4 Å². The fourth-order valence-corrected chi connectivity index (χ4v) is 5.80. The van der Waals surface area contributed by atoms with Crippen molar-refractivity contribution in [2.45, 2.75) is 68.3 Å². The van der Waals surface area contributed by atoms with Crippen LogP contribution in [-0.2, 0) is 10.0 Å². The first-order chi connectivity index (χ1) is 11.0. The van der Waals surface area contributed by atoms with Gasteiger partial charge in [0, 0.05) is 24.2 Å². The molecule has 0 saturated heterocycles. The van der Waals surface area contributed by atoms with E-state index in [1.807, 2.05) is 0 Å². The maximum absolute atomic E-state index is 13.1. The molecule has 0 bridgehead atoms. The standard InChI is InChI=1S/C16H22N2O4S/c19-18(20)15-9-11-16(12-10-15)23(21,22)17(13-5-1-2-6-13)14-7-3-4-8-14/h9-14H,1-8H2. The smallest absolute Gasteiger partial charge is 0.258 e. The van der Waals surface area contributed by atoms with Gasteiger partial charge in [0.25, 0.3) is 5.69 Å². The Morgan fingerprint density at radius 1 is 0.913 bits per heavy atom. The third-order valence-corrected chi connectivity index (χ3v) is 7.01. The normalized spacial score (nSPS) is 20.4. The van der Waals surface area contributed by atoms with Crippen molar-refractivity contribution < 1.29 is 13.3 Å². The summed E-state index contributed by atoms with van der Waals surface area (Å²) >= 11 is 0. The Labute approximate surface area is 136 Å². The molecule has 7 heteroatoms. The third kappa shape index (κ3) is 3.26. The Kier molecular flexibility index (Phi) is 4.68. The van der Waals surface area contributed by atoms with Gasteiger partial charge in [-0.1, -0.05) is 25.7 Å². The van der Waals surface area contributed by atoms with Crippen LogP contribution in [0.3, 0.4) is 0 Å². The molecule has 0 radical (unpaired) electrons. The number of hydrogen-bond acceptors (Lipinski definition) is 4. The summed E-state index contributed by atoms with van der Waals surface area (Å²) in [6, 6.07) is 5.44. The molecular weight excluding hydrogens is 316 g/mol. The van der Waals surface area contributed by atoms with Crippen molar-refractivity contribution in [1.29, 1.82) is 0 Å². The molecule has 2 fully saturated rings. The van der Waals surface area contributed by atoms with Gasteiger partial charge in [0.15, 0.2) is 0 Å². The molecule has 23 heavy (non-hydrogen) atoms. The van der Waals surface area contributed by atoms with E-state index in [1.54, 1.807) is 4.31 Å². The molecule has 2 aliphatic rings. The Hall–Kier alpha value is -1.47. The molecule has 0 aliphatic heterocycles. The van der Waals surface area contributed by atoms with Gasteiger partial charge in [-0.3, -0.25) is 10.1 Å². The van der Waals surface area contributed by atoms with Crippen LogP contribution in [0.2, 0.25) is 0 Å². The first-order valence-corrected chi connectivity index (χ1v) is 9.72.